The normalized spacial score (nSPS) is 21.1. The number of halogens is 2. The number of amides is 1. The second-order valence-electron chi connectivity index (χ2n) is 9.15. The third-order valence-corrected chi connectivity index (χ3v) is 5.72. The summed E-state index contributed by atoms with van der Waals surface area (Å²) in [5, 5.41) is 4.34. The number of nitrogens with zero attached hydrogens (tertiary/aromatic N) is 3. The monoisotopic (exact) mass is 461 g/mol. The van der Waals surface area contributed by atoms with Crippen LogP contribution in [0.3, 0.4) is 0 Å². The maximum absolute atomic E-state index is 13.9. The number of fused-ring (bicyclic) bond motifs is 2. The molecule has 0 aromatic carbocycles. The van der Waals surface area contributed by atoms with Gasteiger partial charge in [-0.1, -0.05) is 12.7 Å². The summed E-state index contributed by atoms with van der Waals surface area (Å²) < 4.78 is 39.2. The first-order valence-corrected chi connectivity index (χ1v) is 10.6. The van der Waals surface area contributed by atoms with Crippen molar-refractivity contribution < 1.29 is 27.8 Å². The third-order valence-electron chi connectivity index (χ3n) is 5.72. The lowest BCUT2D eigenvalue weighted by Gasteiger charge is -2.44. The summed E-state index contributed by atoms with van der Waals surface area (Å²) in [6.07, 6.45) is 6.21. The number of rotatable bonds is 4. The highest BCUT2D eigenvalue weighted by molar-refractivity contribution is 5.87. The van der Waals surface area contributed by atoms with Gasteiger partial charge in [-0.2, -0.15) is 5.10 Å². The van der Waals surface area contributed by atoms with E-state index in [1.165, 1.54) is 16.7 Å². The molecule has 1 saturated heterocycles. The van der Waals surface area contributed by atoms with Gasteiger partial charge >= 0.3 is 12.1 Å². The van der Waals surface area contributed by atoms with Crippen molar-refractivity contribution in [2.24, 2.45) is 5.41 Å². The Bertz CT molecular complexity index is 1080. The van der Waals surface area contributed by atoms with Gasteiger partial charge in [0.25, 0.3) is 0 Å². The molecular formula is C24H29F2N3O4. The van der Waals surface area contributed by atoms with Gasteiger partial charge in [-0.05, 0) is 57.7 Å². The molecule has 178 valence electrons. The Morgan fingerprint density at radius 2 is 2.00 bits per heavy atom. The van der Waals surface area contributed by atoms with Gasteiger partial charge in [0.15, 0.2) is 11.7 Å². The topological polar surface area (TPSA) is 73.7 Å². The Labute approximate surface area is 192 Å². The summed E-state index contributed by atoms with van der Waals surface area (Å²) in [5.41, 5.74) is 0.761. The van der Waals surface area contributed by atoms with Crippen LogP contribution in [0.15, 0.2) is 42.2 Å². The molecule has 1 amide bonds. The van der Waals surface area contributed by atoms with Gasteiger partial charge < -0.3 is 14.4 Å². The van der Waals surface area contributed by atoms with Crippen LogP contribution in [0.1, 0.15) is 45.4 Å². The fraction of sp³-hybridized carbons (Fsp3) is 0.458. The van der Waals surface area contributed by atoms with Crippen molar-refractivity contribution in [2.45, 2.75) is 46.1 Å². The van der Waals surface area contributed by atoms with Crippen LogP contribution < -0.4 is 0 Å². The highest BCUT2D eigenvalue weighted by atomic mass is 19.2. The van der Waals surface area contributed by atoms with E-state index in [-0.39, 0.29) is 13.0 Å². The number of piperidine rings is 1. The van der Waals surface area contributed by atoms with Gasteiger partial charge in [0.05, 0.1) is 24.7 Å². The number of likely N-dealkylation sites (tertiary alicyclic amines) is 1. The highest BCUT2D eigenvalue weighted by Gasteiger charge is 2.51. The van der Waals surface area contributed by atoms with Crippen molar-refractivity contribution in [1.82, 2.24) is 14.7 Å². The minimum absolute atomic E-state index is 0.109. The van der Waals surface area contributed by atoms with E-state index < -0.39 is 34.7 Å². The summed E-state index contributed by atoms with van der Waals surface area (Å²) in [6, 6.07) is 0. The number of carbonyl (C=O) groups is 2. The van der Waals surface area contributed by atoms with E-state index in [1.54, 1.807) is 40.0 Å². The molecule has 9 heteroatoms. The lowest BCUT2D eigenvalue weighted by molar-refractivity contribution is -0.152. The van der Waals surface area contributed by atoms with Crippen molar-refractivity contribution in [2.75, 3.05) is 20.2 Å². The fourth-order valence-corrected chi connectivity index (χ4v) is 4.18. The molecule has 1 atom stereocenters. The maximum atomic E-state index is 13.9. The zero-order valence-electron chi connectivity index (χ0n) is 19.6. The average molecular weight is 462 g/mol. The molecule has 0 radical (unpaired) electrons. The zero-order chi connectivity index (χ0) is 24.6. The number of ether oxygens (including phenoxy) is 2. The number of esters is 1. The molecule has 1 aromatic rings. The zero-order valence-corrected chi connectivity index (χ0v) is 19.6. The van der Waals surface area contributed by atoms with E-state index in [0.29, 0.717) is 24.4 Å². The molecule has 0 spiro atoms. The molecule has 1 fully saturated rings. The van der Waals surface area contributed by atoms with Crippen LogP contribution in [0.2, 0.25) is 0 Å². The van der Waals surface area contributed by atoms with Crippen molar-refractivity contribution >= 4 is 23.8 Å². The summed E-state index contributed by atoms with van der Waals surface area (Å²) in [5.74, 6) is -2.72. The maximum Gasteiger partial charge on any atom is 0.410 e. The molecule has 1 aliphatic heterocycles. The van der Waals surface area contributed by atoms with E-state index in [2.05, 4.69) is 11.7 Å². The smallest absolute Gasteiger partial charge is 0.410 e. The highest BCUT2D eigenvalue weighted by Crippen LogP contribution is 2.45. The lowest BCUT2D eigenvalue weighted by atomic mass is 9.68. The van der Waals surface area contributed by atoms with E-state index in [0.717, 1.165) is 17.2 Å². The molecule has 1 aromatic heterocycles. The molecule has 3 rings (SSSR count). The Morgan fingerprint density at radius 3 is 2.58 bits per heavy atom. The Hall–Kier alpha value is -3.23. The Kier molecular flexibility index (Phi) is 6.63. The van der Waals surface area contributed by atoms with Crippen LogP contribution in [-0.4, -0.2) is 52.5 Å². The molecule has 33 heavy (non-hydrogen) atoms. The number of methoxy groups -OCH3 is 1. The Balaban J connectivity index is 2.01. The van der Waals surface area contributed by atoms with Gasteiger partial charge in [-0.15, -0.1) is 0 Å². The lowest BCUT2D eigenvalue weighted by Crippen LogP contribution is -2.54. The van der Waals surface area contributed by atoms with Crippen LogP contribution >= 0.6 is 0 Å². The number of hydrogen-bond acceptors (Lipinski definition) is 5. The third kappa shape index (κ3) is 4.77. The van der Waals surface area contributed by atoms with Crippen LogP contribution in [0, 0.1) is 5.41 Å². The van der Waals surface area contributed by atoms with Crippen LogP contribution in [0.4, 0.5) is 13.6 Å². The van der Waals surface area contributed by atoms with Crippen molar-refractivity contribution in [3.05, 3.63) is 53.4 Å². The summed E-state index contributed by atoms with van der Waals surface area (Å²) in [7, 11) is 1.31. The SMILES string of the molecule is C=C(F)/C(F)=C\C(=C/C)n1ncc2c1C=C1CCN(C(=O)OC(C)(C)C)C[C@@]1(C(=O)OC)C2. The molecule has 0 N–H and O–H groups in total. The molecule has 2 heterocycles. The largest absolute Gasteiger partial charge is 0.468 e. The van der Waals surface area contributed by atoms with Gasteiger partial charge in [-0.3, -0.25) is 4.79 Å². The molecule has 0 bridgehead atoms. The van der Waals surface area contributed by atoms with Gasteiger partial charge in [-0.25, -0.2) is 18.3 Å². The van der Waals surface area contributed by atoms with Gasteiger partial charge in [0, 0.05) is 19.2 Å². The van der Waals surface area contributed by atoms with Crippen molar-refractivity contribution in [3.8, 4) is 0 Å². The predicted molar refractivity (Wildman–Crippen MR) is 120 cm³/mol. The summed E-state index contributed by atoms with van der Waals surface area (Å²) in [6.45, 7) is 10.5. The molecule has 7 nitrogen and oxygen atoms in total. The van der Waals surface area contributed by atoms with Gasteiger partial charge in [0.1, 0.15) is 11.0 Å². The molecule has 0 saturated carbocycles. The van der Waals surface area contributed by atoms with Crippen molar-refractivity contribution in [1.29, 1.82) is 0 Å². The Morgan fingerprint density at radius 1 is 1.30 bits per heavy atom. The molecular weight excluding hydrogens is 432 g/mol. The fourth-order valence-electron chi connectivity index (χ4n) is 4.18. The number of carbonyl (C=O) groups excluding carboxylic acids is 2. The first-order valence-electron chi connectivity index (χ1n) is 10.6. The second kappa shape index (κ2) is 8.96. The number of hydrogen-bond donors (Lipinski definition) is 0. The summed E-state index contributed by atoms with van der Waals surface area (Å²) >= 11 is 0. The molecule has 0 unspecified atom stereocenters. The van der Waals surface area contributed by atoms with E-state index in [9.17, 15) is 18.4 Å². The standard InChI is InChI=1S/C24H29F2N3O4/c1-7-18(11-19(26)15(2)25)29-20-10-17-8-9-28(22(31)33-23(3,4)5)14-24(17,21(30)32-6)12-16(20)13-27-29/h7,10-11,13H,2,8-9,12,14H2,1,3-6H3/b18-7+,19-11+/t24-/m0/s1. The number of allylic oxidation sites excluding steroid dienone is 5. The first-order chi connectivity index (χ1) is 15.4. The summed E-state index contributed by atoms with van der Waals surface area (Å²) in [4.78, 5) is 27.2. The van der Waals surface area contributed by atoms with Crippen LogP contribution in [0.25, 0.3) is 11.8 Å². The second-order valence-corrected chi connectivity index (χ2v) is 9.15. The number of aromatic nitrogens is 2. The van der Waals surface area contributed by atoms with Crippen LogP contribution in [0.5, 0.6) is 0 Å². The average Bonchev–Trinajstić information content (AvgIpc) is 3.15. The van der Waals surface area contributed by atoms with Crippen molar-refractivity contribution in [3.63, 3.8) is 0 Å². The minimum Gasteiger partial charge on any atom is -0.468 e. The molecule has 2 aliphatic rings. The van der Waals surface area contributed by atoms with Gasteiger partial charge in [0.2, 0.25) is 0 Å². The van der Waals surface area contributed by atoms with E-state index >= 15 is 0 Å². The van der Waals surface area contributed by atoms with Crippen LogP contribution in [-0.2, 0) is 20.7 Å². The minimum atomic E-state index is -1.17. The van der Waals surface area contributed by atoms with E-state index in [4.69, 9.17) is 9.47 Å². The predicted octanol–water partition coefficient (Wildman–Crippen LogP) is 4.82. The first kappa shape index (κ1) is 24.4. The van der Waals surface area contributed by atoms with E-state index in [1.807, 2.05) is 6.08 Å². The quantitative estimate of drug-likeness (QED) is 0.475. The molecule has 1 aliphatic carbocycles.